The highest BCUT2D eigenvalue weighted by Gasteiger charge is 2.24. The van der Waals surface area contributed by atoms with Gasteiger partial charge in [-0.2, -0.15) is 4.98 Å². The van der Waals surface area contributed by atoms with Crippen LogP contribution in [-0.2, 0) is 10.0 Å². The van der Waals surface area contributed by atoms with E-state index >= 15 is 4.39 Å². The summed E-state index contributed by atoms with van der Waals surface area (Å²) < 4.78 is 48.9. The van der Waals surface area contributed by atoms with Gasteiger partial charge in [0.1, 0.15) is 5.82 Å². The first-order chi connectivity index (χ1) is 16.3. The lowest BCUT2D eigenvalue weighted by Gasteiger charge is -2.15. The van der Waals surface area contributed by atoms with Crippen molar-refractivity contribution in [1.82, 2.24) is 19.9 Å². The molecule has 0 unspecified atom stereocenters. The maximum atomic E-state index is 15.6. The van der Waals surface area contributed by atoms with Crippen LogP contribution in [0.1, 0.15) is 0 Å². The van der Waals surface area contributed by atoms with Crippen LogP contribution in [-0.4, -0.2) is 49.6 Å². The van der Waals surface area contributed by atoms with Gasteiger partial charge in [0.2, 0.25) is 11.8 Å². The lowest BCUT2D eigenvalue weighted by molar-refractivity contribution is 0.385. The molecular weight excluding hydrogens is 485 g/mol. The third-order valence-electron chi connectivity index (χ3n) is 4.83. The standard InChI is InChI=1S/C21H19ClFN7O3S/c1-24-19-14(7-11-9-27-21(25-2)29-18(11)28-19)13-5-4-6-15(17(13)23)30-34(31,32)16-8-12(22)10-26-20(16)33-3/h4-10,30H,1-3H3,(H2,24,25,27,28,29). The van der Waals surface area contributed by atoms with E-state index in [-0.39, 0.29) is 27.0 Å². The Morgan fingerprint density at radius 2 is 1.82 bits per heavy atom. The third-order valence-corrected chi connectivity index (χ3v) is 6.40. The number of fused-ring (bicyclic) bond motifs is 1. The van der Waals surface area contributed by atoms with Gasteiger partial charge in [-0.15, -0.1) is 0 Å². The van der Waals surface area contributed by atoms with E-state index in [1.54, 1.807) is 26.4 Å². The van der Waals surface area contributed by atoms with Gasteiger partial charge in [0, 0.05) is 43.0 Å². The number of ether oxygens (including phenoxy) is 1. The Balaban J connectivity index is 1.80. The van der Waals surface area contributed by atoms with Crippen molar-refractivity contribution < 1.29 is 17.5 Å². The fraction of sp³-hybridized carbons (Fsp3) is 0.143. The number of halogens is 2. The van der Waals surface area contributed by atoms with Gasteiger partial charge in [-0.3, -0.25) is 4.72 Å². The SMILES string of the molecule is CNc1ncc2cc(-c3cccc(NS(=O)(=O)c4cc(Cl)cnc4OC)c3F)c(NC)nc2n1. The molecule has 0 saturated heterocycles. The lowest BCUT2D eigenvalue weighted by Crippen LogP contribution is -2.16. The molecule has 0 atom stereocenters. The van der Waals surface area contributed by atoms with Gasteiger partial charge in [0.25, 0.3) is 10.0 Å². The molecule has 0 radical (unpaired) electrons. The van der Waals surface area contributed by atoms with Gasteiger partial charge in [0.15, 0.2) is 16.4 Å². The fourth-order valence-electron chi connectivity index (χ4n) is 3.25. The molecule has 4 aromatic rings. The Labute approximate surface area is 199 Å². The molecule has 0 aliphatic carbocycles. The van der Waals surface area contributed by atoms with Crippen molar-refractivity contribution in [2.45, 2.75) is 4.90 Å². The molecular formula is C21H19ClFN7O3S. The van der Waals surface area contributed by atoms with Gasteiger partial charge in [-0.25, -0.2) is 27.8 Å². The number of rotatable bonds is 7. The number of pyridine rings is 2. The summed E-state index contributed by atoms with van der Waals surface area (Å²) in [7, 11) is 0.317. The molecule has 0 fully saturated rings. The van der Waals surface area contributed by atoms with Crippen LogP contribution >= 0.6 is 11.6 Å². The first-order valence-electron chi connectivity index (χ1n) is 9.82. The summed E-state index contributed by atoms with van der Waals surface area (Å²) in [6, 6.07) is 7.18. The molecule has 0 saturated carbocycles. The van der Waals surface area contributed by atoms with Gasteiger partial charge in [-0.05, 0) is 18.2 Å². The van der Waals surface area contributed by atoms with E-state index in [0.29, 0.717) is 28.4 Å². The number of hydrogen-bond donors (Lipinski definition) is 3. The highest BCUT2D eigenvalue weighted by molar-refractivity contribution is 7.92. The predicted octanol–water partition coefficient (Wildman–Crippen LogP) is 3.77. The minimum atomic E-state index is -4.28. The largest absolute Gasteiger partial charge is 0.480 e. The Morgan fingerprint density at radius 1 is 1.03 bits per heavy atom. The molecule has 13 heteroatoms. The molecule has 0 spiro atoms. The van der Waals surface area contributed by atoms with Crippen molar-refractivity contribution in [1.29, 1.82) is 0 Å². The second-order valence-electron chi connectivity index (χ2n) is 6.92. The highest BCUT2D eigenvalue weighted by Crippen LogP contribution is 2.35. The quantitative estimate of drug-likeness (QED) is 0.345. The smallest absolute Gasteiger partial charge is 0.267 e. The Bertz CT molecular complexity index is 1500. The normalized spacial score (nSPS) is 11.3. The van der Waals surface area contributed by atoms with E-state index in [1.807, 2.05) is 0 Å². The average Bonchev–Trinajstić information content (AvgIpc) is 2.84. The van der Waals surface area contributed by atoms with Gasteiger partial charge in [-0.1, -0.05) is 23.7 Å². The average molecular weight is 504 g/mol. The molecule has 1 aromatic carbocycles. The summed E-state index contributed by atoms with van der Waals surface area (Å²) in [5.74, 6) is -0.229. The number of benzene rings is 1. The topological polar surface area (TPSA) is 131 Å². The lowest BCUT2D eigenvalue weighted by atomic mass is 10.0. The summed E-state index contributed by atoms with van der Waals surface area (Å²) in [6.07, 6.45) is 2.81. The Morgan fingerprint density at radius 3 is 2.53 bits per heavy atom. The Kier molecular flexibility index (Phi) is 6.35. The first-order valence-corrected chi connectivity index (χ1v) is 11.7. The van der Waals surface area contributed by atoms with Crippen LogP contribution in [0.3, 0.4) is 0 Å². The fourth-order valence-corrected chi connectivity index (χ4v) is 4.68. The van der Waals surface area contributed by atoms with Crippen LogP contribution in [0.4, 0.5) is 21.8 Å². The number of sulfonamides is 1. The molecule has 34 heavy (non-hydrogen) atoms. The van der Waals surface area contributed by atoms with Crippen LogP contribution in [0.2, 0.25) is 5.02 Å². The summed E-state index contributed by atoms with van der Waals surface area (Å²) in [4.78, 5) is 16.4. The summed E-state index contributed by atoms with van der Waals surface area (Å²) >= 11 is 5.91. The van der Waals surface area contributed by atoms with Crippen molar-refractivity contribution >= 4 is 50.1 Å². The number of methoxy groups -OCH3 is 1. The zero-order valence-electron chi connectivity index (χ0n) is 18.2. The van der Waals surface area contributed by atoms with Crippen LogP contribution < -0.4 is 20.1 Å². The van der Waals surface area contributed by atoms with Gasteiger partial charge < -0.3 is 15.4 Å². The maximum absolute atomic E-state index is 15.6. The highest BCUT2D eigenvalue weighted by atomic mass is 35.5. The van der Waals surface area contributed by atoms with E-state index in [2.05, 4.69) is 35.3 Å². The van der Waals surface area contributed by atoms with E-state index in [0.717, 1.165) is 0 Å². The number of hydrogen-bond acceptors (Lipinski definition) is 9. The van der Waals surface area contributed by atoms with E-state index in [1.165, 1.54) is 37.6 Å². The maximum Gasteiger partial charge on any atom is 0.267 e. The number of nitrogens with one attached hydrogen (secondary N) is 3. The van der Waals surface area contributed by atoms with Crippen LogP contribution in [0.5, 0.6) is 5.88 Å². The zero-order chi connectivity index (χ0) is 24.5. The van der Waals surface area contributed by atoms with Crippen LogP contribution in [0.25, 0.3) is 22.2 Å². The van der Waals surface area contributed by atoms with Gasteiger partial charge >= 0.3 is 0 Å². The summed E-state index contributed by atoms with van der Waals surface area (Å²) in [5, 5.41) is 6.43. The van der Waals surface area contributed by atoms with Crippen molar-refractivity contribution in [2.24, 2.45) is 0 Å². The molecule has 4 rings (SSSR count). The minimum absolute atomic E-state index is 0.0833. The van der Waals surface area contributed by atoms with Gasteiger partial charge in [0.05, 0.1) is 17.8 Å². The summed E-state index contributed by atoms with van der Waals surface area (Å²) in [5.41, 5.74) is 0.651. The number of aromatic nitrogens is 4. The predicted molar refractivity (Wildman–Crippen MR) is 128 cm³/mol. The number of anilines is 3. The van der Waals surface area contributed by atoms with Crippen LogP contribution in [0, 0.1) is 5.82 Å². The monoisotopic (exact) mass is 503 g/mol. The molecule has 0 bridgehead atoms. The van der Waals surface area contributed by atoms with Crippen molar-refractivity contribution in [2.75, 3.05) is 36.6 Å². The van der Waals surface area contributed by atoms with Crippen LogP contribution in [0.15, 0.2) is 47.6 Å². The molecule has 3 heterocycles. The Hall–Kier alpha value is -3.77. The number of nitrogens with zero attached hydrogens (tertiary/aromatic N) is 4. The van der Waals surface area contributed by atoms with Crippen molar-refractivity contribution in [3.05, 3.63) is 53.6 Å². The summed E-state index contributed by atoms with van der Waals surface area (Å²) in [6.45, 7) is 0. The third kappa shape index (κ3) is 4.37. The zero-order valence-corrected chi connectivity index (χ0v) is 19.8. The molecule has 0 amide bonds. The van der Waals surface area contributed by atoms with E-state index in [9.17, 15) is 8.42 Å². The second kappa shape index (κ2) is 9.23. The van der Waals surface area contributed by atoms with E-state index < -0.39 is 15.8 Å². The molecule has 10 nitrogen and oxygen atoms in total. The minimum Gasteiger partial charge on any atom is -0.480 e. The molecule has 3 aromatic heterocycles. The van der Waals surface area contributed by atoms with Crippen molar-refractivity contribution in [3.8, 4) is 17.0 Å². The van der Waals surface area contributed by atoms with Crippen molar-refractivity contribution in [3.63, 3.8) is 0 Å². The second-order valence-corrected chi connectivity index (χ2v) is 9.01. The molecule has 0 aliphatic heterocycles. The van der Waals surface area contributed by atoms with E-state index in [4.69, 9.17) is 16.3 Å². The molecule has 3 N–H and O–H groups in total. The molecule has 0 aliphatic rings. The molecule has 176 valence electrons. The first kappa shape index (κ1) is 23.4.